The summed E-state index contributed by atoms with van der Waals surface area (Å²) in [6.07, 6.45) is 43.4. The SMILES string of the molecule is CCCCCCCCCCCCCC(=O)O[C@H]1CC[C@@](C)(C(=O)/C=C/C(C)=C/C=C/C(C)=C/C=C/C=C(C)/C=C/C=C(C)/C=C/C(=O)[C@]2(C)C[C@@H](O)CC2(C)C)C1(C)C. The van der Waals surface area contributed by atoms with Gasteiger partial charge in [-0.15, -0.1) is 0 Å². The maximum atomic E-state index is 13.6. The fourth-order valence-electron chi connectivity index (χ4n) is 8.45. The lowest BCUT2D eigenvalue weighted by Gasteiger charge is -2.39. The molecule has 0 aromatic heterocycles. The quantitative estimate of drug-likeness (QED) is 0.0430. The number of aliphatic hydroxyl groups is 1. The number of allylic oxidation sites excluding steroid dienone is 18. The number of hydrogen-bond donors (Lipinski definition) is 1. The van der Waals surface area contributed by atoms with Gasteiger partial charge in [-0.05, 0) is 77.4 Å². The number of hydrogen-bond acceptors (Lipinski definition) is 5. The Balaban J connectivity index is 1.79. The van der Waals surface area contributed by atoms with Gasteiger partial charge in [0.1, 0.15) is 6.10 Å². The zero-order valence-electron chi connectivity index (χ0n) is 39.1. The van der Waals surface area contributed by atoms with Crippen LogP contribution in [0, 0.1) is 21.7 Å². The van der Waals surface area contributed by atoms with Crippen LogP contribution in [-0.4, -0.2) is 34.9 Å². The molecular formula is C54H82O5. The van der Waals surface area contributed by atoms with Gasteiger partial charge in [-0.3, -0.25) is 14.4 Å². The van der Waals surface area contributed by atoms with E-state index in [1.54, 1.807) is 12.2 Å². The van der Waals surface area contributed by atoms with Crippen LogP contribution >= 0.6 is 0 Å². The van der Waals surface area contributed by atoms with Gasteiger partial charge < -0.3 is 9.84 Å². The van der Waals surface area contributed by atoms with Crippen molar-refractivity contribution in [1.82, 2.24) is 0 Å². The highest BCUT2D eigenvalue weighted by atomic mass is 16.5. The lowest BCUT2D eigenvalue weighted by molar-refractivity contribution is -0.157. The Morgan fingerprint density at radius 1 is 0.559 bits per heavy atom. The number of ether oxygens (including phenoxy) is 1. The van der Waals surface area contributed by atoms with Gasteiger partial charge in [0.15, 0.2) is 11.6 Å². The van der Waals surface area contributed by atoms with Crippen LogP contribution in [0.1, 0.15) is 179 Å². The van der Waals surface area contributed by atoms with Gasteiger partial charge in [0.25, 0.3) is 0 Å². The van der Waals surface area contributed by atoms with E-state index >= 15 is 0 Å². The molecule has 0 heterocycles. The van der Waals surface area contributed by atoms with E-state index in [1.165, 1.54) is 57.8 Å². The smallest absolute Gasteiger partial charge is 0.306 e. The molecule has 0 aliphatic heterocycles. The molecule has 0 aromatic carbocycles. The molecule has 0 spiro atoms. The molecule has 0 radical (unpaired) electrons. The number of unbranched alkanes of at least 4 members (excludes halogenated alkanes) is 10. The highest BCUT2D eigenvalue weighted by Gasteiger charge is 2.56. The van der Waals surface area contributed by atoms with Crippen molar-refractivity contribution in [3.63, 3.8) is 0 Å². The Labute approximate surface area is 360 Å². The predicted octanol–water partition coefficient (Wildman–Crippen LogP) is 14.3. The predicted molar refractivity (Wildman–Crippen MR) is 250 cm³/mol. The van der Waals surface area contributed by atoms with Crippen molar-refractivity contribution in [2.24, 2.45) is 21.7 Å². The first kappa shape index (κ1) is 51.6. The van der Waals surface area contributed by atoms with Crippen LogP contribution < -0.4 is 0 Å². The zero-order valence-corrected chi connectivity index (χ0v) is 39.1. The van der Waals surface area contributed by atoms with E-state index in [2.05, 4.69) is 34.6 Å². The third kappa shape index (κ3) is 16.8. The molecule has 5 nitrogen and oxygen atoms in total. The highest BCUT2D eigenvalue weighted by Crippen LogP contribution is 2.55. The Hall–Kier alpha value is -3.57. The molecule has 2 fully saturated rings. The van der Waals surface area contributed by atoms with Crippen molar-refractivity contribution in [3.8, 4) is 0 Å². The van der Waals surface area contributed by atoms with Crippen molar-refractivity contribution in [1.29, 1.82) is 0 Å². The summed E-state index contributed by atoms with van der Waals surface area (Å²) in [4.78, 5) is 39.3. The van der Waals surface area contributed by atoms with Gasteiger partial charge in [-0.1, -0.05) is 208 Å². The molecule has 0 aromatic rings. The number of rotatable bonds is 25. The molecular weight excluding hydrogens is 729 g/mol. The summed E-state index contributed by atoms with van der Waals surface area (Å²) in [7, 11) is 0. The van der Waals surface area contributed by atoms with E-state index < -0.39 is 22.3 Å². The lowest BCUT2D eigenvalue weighted by atomic mass is 9.66. The number of esters is 1. The standard InChI is InChI=1S/C54H82O5/c1-12-13-14-15-16-17-18-19-20-21-22-33-50(58)59-49-38-39-53(10,52(49,8)9)47(56)36-34-44(4)31-25-29-42(2)27-23-24-28-43(3)30-26-32-45(5)35-37-48(57)54(11)41-46(55)40-51(54,6)7/h23-32,34-37,46,49,55H,12-22,33,38-41H2,1-11H3/b24-23+,29-25+,30-26+,36-34+,37-35+,42-27+,43-28+,44-31+,45-32+/t46-,49-,53-,54-/m0/s1. The molecule has 2 aliphatic carbocycles. The van der Waals surface area contributed by atoms with E-state index in [9.17, 15) is 19.5 Å². The molecule has 0 unspecified atom stereocenters. The molecule has 1 N–H and O–H groups in total. The van der Waals surface area contributed by atoms with Gasteiger partial charge in [-0.25, -0.2) is 0 Å². The maximum absolute atomic E-state index is 13.6. The molecule has 0 saturated heterocycles. The number of aliphatic hydroxyl groups excluding tert-OH is 1. The van der Waals surface area contributed by atoms with Crippen molar-refractivity contribution >= 4 is 17.5 Å². The minimum Gasteiger partial charge on any atom is -0.462 e. The summed E-state index contributed by atoms with van der Waals surface area (Å²) in [5.41, 5.74) is 2.34. The Morgan fingerprint density at radius 2 is 0.983 bits per heavy atom. The number of carbonyl (C=O) groups is 3. The normalized spacial score (nSPS) is 25.5. The number of ketones is 2. The molecule has 59 heavy (non-hydrogen) atoms. The first-order valence-corrected chi connectivity index (χ1v) is 22.8. The van der Waals surface area contributed by atoms with Gasteiger partial charge in [0.05, 0.1) is 6.10 Å². The molecule has 328 valence electrons. The van der Waals surface area contributed by atoms with Crippen molar-refractivity contribution in [3.05, 3.63) is 107 Å². The van der Waals surface area contributed by atoms with E-state index in [1.807, 2.05) is 114 Å². The summed E-state index contributed by atoms with van der Waals surface area (Å²) in [6, 6.07) is 0. The molecule has 2 aliphatic rings. The molecule has 2 rings (SSSR count). The summed E-state index contributed by atoms with van der Waals surface area (Å²) in [6.45, 7) is 22.6. The van der Waals surface area contributed by atoms with Crippen LogP contribution in [0.5, 0.6) is 0 Å². The third-order valence-electron chi connectivity index (χ3n) is 13.6. The maximum Gasteiger partial charge on any atom is 0.306 e. The van der Waals surface area contributed by atoms with Crippen molar-refractivity contribution in [2.75, 3.05) is 0 Å². The van der Waals surface area contributed by atoms with Crippen LogP contribution in [0.4, 0.5) is 0 Å². The number of carbonyl (C=O) groups excluding carboxylic acids is 3. The first-order valence-electron chi connectivity index (χ1n) is 22.8. The Kier molecular flexibility index (Phi) is 22.1. The summed E-state index contributed by atoms with van der Waals surface area (Å²) in [5.74, 6) is 0.0253. The monoisotopic (exact) mass is 811 g/mol. The molecule has 4 atom stereocenters. The average Bonchev–Trinajstić information content (AvgIpc) is 3.54. The van der Waals surface area contributed by atoms with E-state index in [4.69, 9.17) is 4.74 Å². The average molecular weight is 811 g/mol. The zero-order chi connectivity index (χ0) is 44.1. The topological polar surface area (TPSA) is 80.7 Å². The van der Waals surface area contributed by atoms with Crippen LogP contribution in [0.15, 0.2) is 107 Å². The second kappa shape index (κ2) is 25.3. The lowest BCUT2D eigenvalue weighted by Crippen LogP contribution is -2.43. The van der Waals surface area contributed by atoms with Crippen LogP contribution in [0.25, 0.3) is 0 Å². The summed E-state index contributed by atoms with van der Waals surface area (Å²) < 4.78 is 6.00. The Morgan fingerprint density at radius 3 is 1.44 bits per heavy atom. The van der Waals surface area contributed by atoms with E-state index in [-0.39, 0.29) is 29.1 Å². The van der Waals surface area contributed by atoms with E-state index in [0.717, 1.165) is 35.1 Å². The third-order valence-corrected chi connectivity index (χ3v) is 13.6. The van der Waals surface area contributed by atoms with Gasteiger partial charge in [0, 0.05) is 22.7 Å². The fourth-order valence-corrected chi connectivity index (χ4v) is 8.45. The fraction of sp³-hybridized carbons (Fsp3) is 0.611. The summed E-state index contributed by atoms with van der Waals surface area (Å²) in [5, 5.41) is 10.2. The molecule has 0 bridgehead atoms. The molecule has 0 amide bonds. The van der Waals surface area contributed by atoms with Gasteiger partial charge in [-0.2, -0.15) is 0 Å². The van der Waals surface area contributed by atoms with E-state index in [0.29, 0.717) is 32.1 Å². The molecule has 2 saturated carbocycles. The van der Waals surface area contributed by atoms with Crippen molar-refractivity contribution < 1.29 is 24.2 Å². The van der Waals surface area contributed by atoms with Crippen LogP contribution in [0.3, 0.4) is 0 Å². The molecule has 5 heteroatoms. The first-order chi connectivity index (χ1) is 27.8. The van der Waals surface area contributed by atoms with Gasteiger partial charge in [0.2, 0.25) is 0 Å². The highest BCUT2D eigenvalue weighted by molar-refractivity contribution is 5.96. The van der Waals surface area contributed by atoms with Gasteiger partial charge >= 0.3 is 5.97 Å². The minimum atomic E-state index is -0.596. The van der Waals surface area contributed by atoms with Crippen LogP contribution in [-0.2, 0) is 19.1 Å². The van der Waals surface area contributed by atoms with Crippen molar-refractivity contribution in [2.45, 2.75) is 191 Å². The summed E-state index contributed by atoms with van der Waals surface area (Å²) >= 11 is 0. The second-order valence-corrected chi connectivity index (χ2v) is 19.3. The largest absolute Gasteiger partial charge is 0.462 e. The minimum absolute atomic E-state index is 0.0725. The van der Waals surface area contributed by atoms with Crippen LogP contribution in [0.2, 0.25) is 0 Å². The Bertz CT molecular complexity index is 1650. The second-order valence-electron chi connectivity index (χ2n) is 19.3.